The van der Waals surface area contributed by atoms with E-state index in [1.165, 1.54) is 0 Å². The molecule has 0 unspecified atom stereocenters. The zero-order valence-electron chi connectivity index (χ0n) is 13.9. The zero-order chi connectivity index (χ0) is 17.0. The number of likely N-dealkylation sites (tertiary alicyclic amines) is 1. The number of rotatable bonds is 4. The van der Waals surface area contributed by atoms with Gasteiger partial charge in [0.2, 0.25) is 0 Å². The molecule has 0 spiro atoms. The van der Waals surface area contributed by atoms with Gasteiger partial charge in [-0.15, -0.1) is 0 Å². The van der Waals surface area contributed by atoms with E-state index in [2.05, 4.69) is 23.9 Å². The molecule has 6 nitrogen and oxygen atoms in total. The number of benzene rings is 1. The zero-order valence-corrected chi connectivity index (χ0v) is 13.9. The quantitative estimate of drug-likeness (QED) is 0.612. The summed E-state index contributed by atoms with van der Waals surface area (Å²) in [5, 5.41) is 9.92. The summed E-state index contributed by atoms with van der Waals surface area (Å²) >= 11 is 0. The normalized spacial score (nSPS) is 16.7. The van der Waals surface area contributed by atoms with Crippen molar-refractivity contribution in [3.63, 3.8) is 0 Å². The van der Waals surface area contributed by atoms with E-state index in [4.69, 9.17) is 17.2 Å². The summed E-state index contributed by atoms with van der Waals surface area (Å²) in [5.41, 5.74) is 19.6. The lowest BCUT2D eigenvalue weighted by atomic mass is 10.0. The molecule has 1 aliphatic heterocycles. The van der Waals surface area contributed by atoms with E-state index in [0.717, 1.165) is 31.6 Å². The minimum Gasteiger partial charge on any atom is -0.507 e. The van der Waals surface area contributed by atoms with Gasteiger partial charge in [0, 0.05) is 30.4 Å². The Kier molecular flexibility index (Phi) is 5.39. The first-order chi connectivity index (χ1) is 10.9. The number of phenolic OH excluding ortho intramolecular Hbond substituents is 1. The molecule has 0 amide bonds. The number of allylic oxidation sites excluding steroid dienone is 1. The highest BCUT2D eigenvalue weighted by atomic mass is 16.3. The van der Waals surface area contributed by atoms with Gasteiger partial charge >= 0.3 is 0 Å². The number of nitrogens with zero attached hydrogens (tertiary/aromatic N) is 2. The van der Waals surface area contributed by atoms with Crippen LogP contribution in [0.2, 0.25) is 0 Å². The van der Waals surface area contributed by atoms with E-state index in [-0.39, 0.29) is 11.6 Å². The number of hydrogen-bond donors (Lipinski definition) is 4. The predicted molar refractivity (Wildman–Crippen MR) is 94.0 cm³/mol. The van der Waals surface area contributed by atoms with Crippen LogP contribution < -0.4 is 17.2 Å². The number of nitrogens with two attached hydrogens (primary N) is 3. The largest absolute Gasteiger partial charge is 0.507 e. The Labute approximate surface area is 137 Å². The molecule has 23 heavy (non-hydrogen) atoms. The Morgan fingerprint density at radius 2 is 1.78 bits per heavy atom. The van der Waals surface area contributed by atoms with Gasteiger partial charge in [-0.2, -0.15) is 0 Å². The van der Waals surface area contributed by atoms with Gasteiger partial charge in [-0.3, -0.25) is 0 Å². The summed E-state index contributed by atoms with van der Waals surface area (Å²) in [6.45, 7) is 1.75. The van der Waals surface area contributed by atoms with Crippen LogP contribution in [-0.2, 0) is 0 Å². The van der Waals surface area contributed by atoms with Gasteiger partial charge in [0.15, 0.2) is 0 Å². The van der Waals surface area contributed by atoms with E-state index in [1.54, 1.807) is 24.3 Å². The number of phenols is 1. The first-order valence-corrected chi connectivity index (χ1v) is 7.82. The summed E-state index contributed by atoms with van der Waals surface area (Å²) in [6, 6.07) is 7.53. The van der Waals surface area contributed by atoms with Gasteiger partial charge in [-0.1, -0.05) is 12.1 Å². The fraction of sp³-hybridized carbons (Fsp3) is 0.412. The molecule has 0 atom stereocenters. The van der Waals surface area contributed by atoms with Crippen LogP contribution in [0.15, 0.2) is 41.9 Å². The van der Waals surface area contributed by atoms with Crippen LogP contribution in [0.3, 0.4) is 0 Å². The Morgan fingerprint density at radius 3 is 2.30 bits per heavy atom. The smallest absolute Gasteiger partial charge is 0.124 e. The van der Waals surface area contributed by atoms with E-state index in [0.29, 0.717) is 17.3 Å². The number of piperidine rings is 1. The van der Waals surface area contributed by atoms with Crippen LogP contribution in [-0.4, -0.2) is 48.1 Å². The molecule has 7 N–H and O–H groups in total. The number of hydrogen-bond acceptors (Lipinski definition) is 6. The fourth-order valence-electron chi connectivity index (χ4n) is 2.92. The maximum absolute atomic E-state index is 9.92. The van der Waals surface area contributed by atoms with E-state index < -0.39 is 0 Å². The van der Waals surface area contributed by atoms with Crippen molar-refractivity contribution in [2.24, 2.45) is 17.2 Å². The summed E-state index contributed by atoms with van der Waals surface area (Å²) in [7, 11) is 4.20. The van der Waals surface area contributed by atoms with Crippen molar-refractivity contribution in [1.82, 2.24) is 9.80 Å². The minimum absolute atomic E-state index is 0.141. The molecule has 0 bridgehead atoms. The van der Waals surface area contributed by atoms with Crippen molar-refractivity contribution in [3.05, 3.63) is 47.4 Å². The van der Waals surface area contributed by atoms with Crippen LogP contribution in [0.5, 0.6) is 5.75 Å². The van der Waals surface area contributed by atoms with Gasteiger partial charge in [-0.25, -0.2) is 0 Å². The molecule has 0 aromatic heterocycles. The lowest BCUT2D eigenvalue weighted by molar-refractivity contribution is 0.172. The SMILES string of the molecule is CN(C)C1CCN(C(/C=C(\N)c2ccccc2O)=C(N)N)CC1. The predicted octanol–water partition coefficient (Wildman–Crippen LogP) is 0.804. The first-order valence-electron chi connectivity index (χ1n) is 7.82. The maximum Gasteiger partial charge on any atom is 0.124 e. The second kappa shape index (κ2) is 7.28. The van der Waals surface area contributed by atoms with E-state index >= 15 is 0 Å². The summed E-state index contributed by atoms with van der Waals surface area (Å²) in [4.78, 5) is 4.40. The Morgan fingerprint density at radius 1 is 1.17 bits per heavy atom. The molecule has 1 aromatic carbocycles. The van der Waals surface area contributed by atoms with Gasteiger partial charge in [-0.05, 0) is 45.1 Å². The molecule has 126 valence electrons. The molecule has 6 heteroatoms. The summed E-state index contributed by atoms with van der Waals surface area (Å²) < 4.78 is 0. The molecular weight excluding hydrogens is 290 g/mol. The molecule has 1 aliphatic rings. The van der Waals surface area contributed by atoms with Crippen LogP contribution in [0.25, 0.3) is 5.70 Å². The first kappa shape index (κ1) is 17.0. The lowest BCUT2D eigenvalue weighted by Gasteiger charge is -2.37. The maximum atomic E-state index is 9.92. The van der Waals surface area contributed by atoms with Crippen molar-refractivity contribution in [1.29, 1.82) is 0 Å². The third kappa shape index (κ3) is 4.10. The fourth-order valence-corrected chi connectivity index (χ4v) is 2.92. The second-order valence-electron chi connectivity index (χ2n) is 6.14. The highest BCUT2D eigenvalue weighted by Gasteiger charge is 2.22. The van der Waals surface area contributed by atoms with Gasteiger partial charge in [0.25, 0.3) is 0 Å². The molecule has 1 fully saturated rings. The molecule has 0 saturated carbocycles. The molecular formula is C17H27N5O. The van der Waals surface area contributed by atoms with Crippen LogP contribution in [0, 0.1) is 0 Å². The monoisotopic (exact) mass is 317 g/mol. The van der Waals surface area contributed by atoms with Crippen molar-refractivity contribution in [2.75, 3.05) is 27.2 Å². The Bertz CT molecular complexity index is 597. The molecule has 1 saturated heterocycles. The van der Waals surface area contributed by atoms with E-state index in [1.807, 2.05) is 6.07 Å². The van der Waals surface area contributed by atoms with Gasteiger partial charge < -0.3 is 32.1 Å². The molecule has 1 heterocycles. The summed E-state index contributed by atoms with van der Waals surface area (Å²) in [5.74, 6) is 0.384. The highest BCUT2D eigenvalue weighted by Crippen LogP contribution is 2.25. The average Bonchev–Trinajstić information content (AvgIpc) is 2.52. The molecule has 1 aromatic rings. The van der Waals surface area contributed by atoms with E-state index in [9.17, 15) is 5.11 Å². The third-order valence-electron chi connectivity index (χ3n) is 4.34. The van der Waals surface area contributed by atoms with Crippen molar-refractivity contribution in [3.8, 4) is 5.75 Å². The van der Waals surface area contributed by atoms with Crippen LogP contribution in [0.4, 0.5) is 0 Å². The highest BCUT2D eigenvalue weighted by molar-refractivity contribution is 5.69. The summed E-state index contributed by atoms with van der Waals surface area (Å²) in [6.07, 6.45) is 3.85. The van der Waals surface area contributed by atoms with Gasteiger partial charge in [0.05, 0.1) is 5.70 Å². The lowest BCUT2D eigenvalue weighted by Crippen LogP contribution is -2.42. The molecule has 2 rings (SSSR count). The van der Waals surface area contributed by atoms with Crippen LogP contribution in [0.1, 0.15) is 18.4 Å². The van der Waals surface area contributed by atoms with Gasteiger partial charge in [0.1, 0.15) is 11.6 Å². The Hall–Kier alpha value is -2.34. The third-order valence-corrected chi connectivity index (χ3v) is 4.34. The van der Waals surface area contributed by atoms with Crippen LogP contribution >= 0.6 is 0 Å². The number of para-hydroxylation sites is 1. The van der Waals surface area contributed by atoms with Crippen molar-refractivity contribution >= 4 is 5.70 Å². The topological polar surface area (TPSA) is 105 Å². The Balaban J connectivity index is 2.20. The van der Waals surface area contributed by atoms with Crippen molar-refractivity contribution < 1.29 is 5.11 Å². The number of aromatic hydroxyl groups is 1. The molecule has 0 radical (unpaired) electrons. The average molecular weight is 317 g/mol. The standard InChI is InChI=1S/C17H27N5O/c1-21(2)12-7-9-22(10-8-12)15(17(19)20)11-14(18)13-5-3-4-6-16(13)23/h3-6,11-12,23H,7-10,18-20H2,1-2H3/b14-11-. The minimum atomic E-state index is 0.141. The molecule has 0 aliphatic carbocycles. The van der Waals surface area contributed by atoms with Crippen molar-refractivity contribution in [2.45, 2.75) is 18.9 Å². The second-order valence-corrected chi connectivity index (χ2v) is 6.14.